The Morgan fingerprint density at radius 1 is 0.920 bits per heavy atom. The highest BCUT2D eigenvalue weighted by Gasteiger charge is 2.12. The number of rotatable bonds is 4. The molecule has 0 unspecified atom stereocenters. The predicted octanol–water partition coefficient (Wildman–Crippen LogP) is 2.49. The summed E-state index contributed by atoms with van der Waals surface area (Å²) in [6, 6.07) is 11.3. The Kier molecular flexibility index (Phi) is 6.38. The third kappa shape index (κ3) is 5.20. The van der Waals surface area contributed by atoms with Crippen molar-refractivity contribution in [1.29, 1.82) is 0 Å². The van der Waals surface area contributed by atoms with Gasteiger partial charge in [0.25, 0.3) is 17.7 Å². The summed E-state index contributed by atoms with van der Waals surface area (Å²) < 4.78 is 0. The van der Waals surface area contributed by atoms with E-state index < -0.39 is 17.7 Å². The molecule has 6 nitrogen and oxygen atoms in total. The van der Waals surface area contributed by atoms with Gasteiger partial charge in [-0.2, -0.15) is 0 Å². The Bertz CT molecular complexity index is 825. The van der Waals surface area contributed by atoms with E-state index in [1.165, 1.54) is 18.2 Å². The molecule has 0 saturated heterocycles. The molecule has 0 aliphatic carbocycles. The molecule has 3 N–H and O–H groups in total. The fourth-order valence-corrected chi connectivity index (χ4v) is 2.26. The number of carbonyl (C=O) groups is 3. The van der Waals surface area contributed by atoms with E-state index >= 15 is 0 Å². The minimum Gasteiger partial charge on any atom is -0.343 e. The molecule has 0 aliphatic heterocycles. The lowest BCUT2D eigenvalue weighted by Gasteiger charge is -2.10. The van der Waals surface area contributed by atoms with Gasteiger partial charge in [0.2, 0.25) is 0 Å². The maximum Gasteiger partial charge on any atom is 0.269 e. The highest BCUT2D eigenvalue weighted by molar-refractivity contribution is 6.42. The number of hydrazine groups is 1. The second-order valence-corrected chi connectivity index (χ2v) is 5.94. The highest BCUT2D eigenvalue weighted by atomic mass is 35.5. The molecule has 0 saturated carbocycles. The van der Waals surface area contributed by atoms with Crippen molar-refractivity contribution in [3.05, 3.63) is 69.2 Å². The van der Waals surface area contributed by atoms with E-state index in [1.54, 1.807) is 25.1 Å². The van der Waals surface area contributed by atoms with Crippen molar-refractivity contribution in [2.75, 3.05) is 6.54 Å². The van der Waals surface area contributed by atoms with Crippen LogP contribution in [0.2, 0.25) is 10.0 Å². The van der Waals surface area contributed by atoms with Crippen LogP contribution in [0.4, 0.5) is 0 Å². The van der Waals surface area contributed by atoms with E-state index in [9.17, 15) is 14.4 Å². The average Bonchev–Trinajstić information content (AvgIpc) is 2.60. The zero-order valence-electron chi connectivity index (χ0n) is 13.2. The first kappa shape index (κ1) is 18.8. The van der Waals surface area contributed by atoms with Crippen LogP contribution in [0, 0.1) is 6.92 Å². The van der Waals surface area contributed by atoms with Gasteiger partial charge in [0.05, 0.1) is 16.6 Å². The van der Waals surface area contributed by atoms with Gasteiger partial charge in [0, 0.05) is 11.1 Å². The van der Waals surface area contributed by atoms with E-state index in [0.29, 0.717) is 10.6 Å². The van der Waals surface area contributed by atoms with Crippen molar-refractivity contribution < 1.29 is 14.4 Å². The van der Waals surface area contributed by atoms with Gasteiger partial charge in [0.15, 0.2) is 0 Å². The van der Waals surface area contributed by atoms with Gasteiger partial charge in [-0.1, -0.05) is 41.4 Å². The second-order valence-electron chi connectivity index (χ2n) is 5.13. The summed E-state index contributed by atoms with van der Waals surface area (Å²) in [7, 11) is 0. The number of benzene rings is 2. The second kappa shape index (κ2) is 8.50. The van der Waals surface area contributed by atoms with Gasteiger partial charge in [-0.15, -0.1) is 0 Å². The summed E-state index contributed by atoms with van der Waals surface area (Å²) in [6.07, 6.45) is 0. The van der Waals surface area contributed by atoms with Gasteiger partial charge in [-0.3, -0.25) is 25.2 Å². The van der Waals surface area contributed by atoms with Crippen LogP contribution in [0.15, 0.2) is 42.5 Å². The molecule has 0 aromatic heterocycles. The summed E-state index contributed by atoms with van der Waals surface area (Å²) >= 11 is 11.6. The number of amides is 3. The van der Waals surface area contributed by atoms with Crippen LogP contribution in [0.3, 0.4) is 0 Å². The Hall–Kier alpha value is -2.57. The molecule has 2 rings (SSSR count). The van der Waals surface area contributed by atoms with Crippen LogP contribution in [0.5, 0.6) is 0 Å². The van der Waals surface area contributed by atoms with E-state index in [0.717, 1.165) is 5.56 Å². The summed E-state index contributed by atoms with van der Waals surface area (Å²) in [5.74, 6) is -1.50. The minimum atomic E-state index is -0.574. The first-order chi connectivity index (χ1) is 11.9. The van der Waals surface area contributed by atoms with Gasteiger partial charge in [0.1, 0.15) is 0 Å². The molecule has 0 radical (unpaired) electrons. The maximum absolute atomic E-state index is 12.0. The Balaban J connectivity index is 1.82. The lowest BCUT2D eigenvalue weighted by molar-refractivity contribution is -0.120. The fourth-order valence-electron chi connectivity index (χ4n) is 1.97. The Labute approximate surface area is 154 Å². The molecule has 0 bridgehead atoms. The van der Waals surface area contributed by atoms with Crippen LogP contribution in [-0.2, 0) is 4.79 Å². The highest BCUT2D eigenvalue weighted by Crippen LogP contribution is 2.22. The van der Waals surface area contributed by atoms with Crippen molar-refractivity contribution in [2.45, 2.75) is 6.92 Å². The molecule has 0 atom stereocenters. The minimum absolute atomic E-state index is 0.240. The molecule has 130 valence electrons. The van der Waals surface area contributed by atoms with Gasteiger partial charge in [-0.05, 0) is 36.8 Å². The van der Waals surface area contributed by atoms with E-state index in [4.69, 9.17) is 23.2 Å². The van der Waals surface area contributed by atoms with E-state index in [-0.39, 0.29) is 17.1 Å². The lowest BCUT2D eigenvalue weighted by atomic mass is 10.1. The van der Waals surface area contributed by atoms with Gasteiger partial charge < -0.3 is 5.32 Å². The van der Waals surface area contributed by atoms with Crippen molar-refractivity contribution in [3.8, 4) is 0 Å². The molecule has 3 amide bonds. The number of carbonyl (C=O) groups excluding carboxylic acids is 3. The maximum atomic E-state index is 12.0. The summed E-state index contributed by atoms with van der Waals surface area (Å²) in [6.45, 7) is 1.47. The lowest BCUT2D eigenvalue weighted by Crippen LogP contribution is -2.46. The summed E-state index contributed by atoms with van der Waals surface area (Å²) in [4.78, 5) is 35.6. The number of aryl methyl sites for hydroxylation is 1. The van der Waals surface area contributed by atoms with E-state index in [2.05, 4.69) is 16.2 Å². The molecule has 0 aliphatic rings. The fraction of sp³-hybridized carbons (Fsp3) is 0.118. The van der Waals surface area contributed by atoms with Crippen molar-refractivity contribution in [2.24, 2.45) is 0 Å². The molecule has 0 fully saturated rings. The predicted molar refractivity (Wildman–Crippen MR) is 95.6 cm³/mol. The standard InChI is InChI=1S/C17H15Cl2N3O3/c1-10-4-2-3-5-12(10)17(25)22-21-15(23)9-20-16(24)11-6-7-13(18)14(19)8-11/h2-8H,9H2,1H3,(H,20,24)(H,21,23)(H,22,25). The molecule has 2 aromatic rings. The quantitative estimate of drug-likeness (QED) is 0.713. The van der Waals surface area contributed by atoms with Crippen molar-refractivity contribution in [3.63, 3.8) is 0 Å². The molecule has 0 heterocycles. The normalized spacial score (nSPS) is 10.0. The average molecular weight is 380 g/mol. The summed E-state index contributed by atoms with van der Waals surface area (Å²) in [5, 5.41) is 2.98. The van der Waals surface area contributed by atoms with Crippen LogP contribution < -0.4 is 16.2 Å². The van der Waals surface area contributed by atoms with Crippen LogP contribution in [0.1, 0.15) is 26.3 Å². The summed E-state index contributed by atoms with van der Waals surface area (Å²) in [5.41, 5.74) is 6.02. The van der Waals surface area contributed by atoms with Gasteiger partial charge in [-0.25, -0.2) is 0 Å². The topological polar surface area (TPSA) is 87.3 Å². The largest absolute Gasteiger partial charge is 0.343 e. The molecular weight excluding hydrogens is 365 g/mol. The third-order valence-corrected chi connectivity index (χ3v) is 4.04. The molecular formula is C17H15Cl2N3O3. The third-order valence-electron chi connectivity index (χ3n) is 3.30. The number of hydrogen-bond donors (Lipinski definition) is 3. The van der Waals surface area contributed by atoms with Crippen LogP contribution >= 0.6 is 23.2 Å². The molecule has 2 aromatic carbocycles. The number of nitrogens with one attached hydrogen (secondary N) is 3. The molecule has 25 heavy (non-hydrogen) atoms. The Morgan fingerprint density at radius 2 is 1.64 bits per heavy atom. The van der Waals surface area contributed by atoms with Crippen molar-refractivity contribution in [1.82, 2.24) is 16.2 Å². The number of hydrogen-bond acceptors (Lipinski definition) is 3. The van der Waals surface area contributed by atoms with Crippen LogP contribution in [0.25, 0.3) is 0 Å². The molecule has 8 heteroatoms. The zero-order chi connectivity index (χ0) is 18.4. The van der Waals surface area contributed by atoms with Crippen LogP contribution in [-0.4, -0.2) is 24.3 Å². The number of halogens is 2. The van der Waals surface area contributed by atoms with Crippen molar-refractivity contribution >= 4 is 40.9 Å². The first-order valence-electron chi connectivity index (χ1n) is 7.26. The SMILES string of the molecule is Cc1ccccc1C(=O)NNC(=O)CNC(=O)c1ccc(Cl)c(Cl)c1. The first-order valence-corrected chi connectivity index (χ1v) is 8.02. The smallest absolute Gasteiger partial charge is 0.269 e. The van der Waals surface area contributed by atoms with Gasteiger partial charge >= 0.3 is 0 Å². The molecule has 0 spiro atoms. The zero-order valence-corrected chi connectivity index (χ0v) is 14.7. The monoisotopic (exact) mass is 379 g/mol. The van der Waals surface area contributed by atoms with E-state index in [1.807, 2.05) is 6.07 Å². The Morgan fingerprint density at radius 3 is 2.32 bits per heavy atom.